The molecule has 1 aliphatic carbocycles. The first-order valence-corrected chi connectivity index (χ1v) is 8.31. The van der Waals surface area contributed by atoms with Crippen LogP contribution in [0.5, 0.6) is 0 Å². The Hall–Kier alpha value is 0.270. The molecule has 100 valence electrons. The van der Waals surface area contributed by atoms with Gasteiger partial charge in [-0.3, -0.25) is 0 Å². The van der Waals surface area contributed by atoms with Crippen molar-refractivity contribution in [3.8, 4) is 0 Å². The maximum atomic E-state index is 9.80. The molecule has 2 nitrogen and oxygen atoms in total. The maximum Gasteiger partial charge on any atom is 0.0499 e. The predicted octanol–water partition coefficient (Wildman–Crippen LogP) is 2.61. The van der Waals surface area contributed by atoms with Crippen molar-refractivity contribution in [1.82, 2.24) is 4.90 Å². The molecule has 0 aromatic carbocycles. The Morgan fingerprint density at radius 3 is 2.71 bits per heavy atom. The van der Waals surface area contributed by atoms with Crippen molar-refractivity contribution in [3.63, 3.8) is 0 Å². The molecule has 2 aliphatic rings. The van der Waals surface area contributed by atoms with Gasteiger partial charge in [-0.15, -0.1) is 0 Å². The second-order valence-electron chi connectivity index (χ2n) is 6.08. The van der Waals surface area contributed by atoms with E-state index in [-0.39, 0.29) is 5.41 Å². The molecule has 2 fully saturated rings. The molecule has 0 aromatic rings. The molecule has 1 aliphatic heterocycles. The highest BCUT2D eigenvalue weighted by Gasteiger charge is 2.35. The minimum atomic E-state index is 0.224. The van der Waals surface area contributed by atoms with Crippen molar-refractivity contribution in [3.05, 3.63) is 0 Å². The van der Waals surface area contributed by atoms with Crippen molar-refractivity contribution in [2.45, 2.75) is 39.0 Å². The molecule has 1 N–H and O–H groups in total. The lowest BCUT2D eigenvalue weighted by Crippen LogP contribution is -2.43. The molecule has 0 bridgehead atoms. The average Bonchev–Trinajstić information content (AvgIpc) is 2.61. The summed E-state index contributed by atoms with van der Waals surface area (Å²) in [5.74, 6) is 3.46. The molecule has 0 radical (unpaired) electrons. The van der Waals surface area contributed by atoms with Crippen molar-refractivity contribution < 1.29 is 5.11 Å². The Balaban J connectivity index is 1.89. The lowest BCUT2D eigenvalue weighted by molar-refractivity contribution is 0.0315. The summed E-state index contributed by atoms with van der Waals surface area (Å²) in [7, 11) is 0. The van der Waals surface area contributed by atoms with Crippen molar-refractivity contribution in [2.75, 3.05) is 37.7 Å². The van der Waals surface area contributed by atoms with Gasteiger partial charge in [-0.2, -0.15) is 11.8 Å². The zero-order valence-corrected chi connectivity index (χ0v) is 12.0. The molecule has 1 saturated carbocycles. The summed E-state index contributed by atoms with van der Waals surface area (Å²) in [6.45, 7) is 6.34. The van der Waals surface area contributed by atoms with Crippen molar-refractivity contribution in [2.24, 2.45) is 11.3 Å². The predicted molar refractivity (Wildman–Crippen MR) is 75.5 cm³/mol. The average molecular weight is 257 g/mol. The quantitative estimate of drug-likeness (QED) is 0.841. The van der Waals surface area contributed by atoms with Crippen LogP contribution in [-0.2, 0) is 0 Å². The highest BCUT2D eigenvalue weighted by atomic mass is 32.2. The van der Waals surface area contributed by atoms with Crippen LogP contribution < -0.4 is 0 Å². The summed E-state index contributed by atoms with van der Waals surface area (Å²) in [5, 5.41) is 9.80. The summed E-state index contributed by atoms with van der Waals surface area (Å²) in [6.07, 6.45) is 6.40. The van der Waals surface area contributed by atoms with Crippen LogP contribution >= 0.6 is 11.8 Å². The van der Waals surface area contributed by atoms with Gasteiger partial charge in [-0.25, -0.2) is 0 Å². The molecule has 0 amide bonds. The molecule has 1 heterocycles. The van der Waals surface area contributed by atoms with Crippen LogP contribution in [0.4, 0.5) is 0 Å². The SMILES string of the molecule is CC1CCC(CO)(CN2CCCSCC2)CC1. The second kappa shape index (κ2) is 6.44. The first-order chi connectivity index (χ1) is 8.24. The van der Waals surface area contributed by atoms with Crippen LogP contribution in [0.15, 0.2) is 0 Å². The van der Waals surface area contributed by atoms with Gasteiger partial charge in [0.2, 0.25) is 0 Å². The van der Waals surface area contributed by atoms with Gasteiger partial charge in [0.05, 0.1) is 0 Å². The molecular weight excluding hydrogens is 230 g/mol. The third-order valence-electron chi connectivity index (χ3n) is 4.54. The van der Waals surface area contributed by atoms with E-state index in [9.17, 15) is 5.11 Å². The molecule has 2 rings (SSSR count). The summed E-state index contributed by atoms with van der Waals surface area (Å²) in [5.41, 5.74) is 0.224. The Morgan fingerprint density at radius 1 is 1.24 bits per heavy atom. The standard InChI is InChI=1S/C14H27NOS/c1-13-3-5-14(12-16,6-4-13)11-15-7-2-9-17-10-8-15/h13,16H,2-12H2,1H3. The van der Waals surface area contributed by atoms with E-state index in [1.54, 1.807) is 0 Å². The minimum absolute atomic E-state index is 0.224. The molecule has 17 heavy (non-hydrogen) atoms. The molecule has 3 heteroatoms. The van der Waals surface area contributed by atoms with E-state index in [0.717, 1.165) is 12.5 Å². The fourth-order valence-electron chi connectivity index (χ4n) is 3.17. The van der Waals surface area contributed by atoms with E-state index in [0.29, 0.717) is 6.61 Å². The monoisotopic (exact) mass is 257 g/mol. The van der Waals surface area contributed by atoms with Crippen molar-refractivity contribution >= 4 is 11.8 Å². The number of rotatable bonds is 3. The van der Waals surface area contributed by atoms with Gasteiger partial charge in [0, 0.05) is 30.9 Å². The Labute approximate surface area is 110 Å². The fourth-order valence-corrected chi connectivity index (χ4v) is 4.10. The number of thioether (sulfide) groups is 1. The fraction of sp³-hybridized carbons (Fsp3) is 1.00. The van der Waals surface area contributed by atoms with Crippen molar-refractivity contribution in [1.29, 1.82) is 0 Å². The van der Waals surface area contributed by atoms with E-state index in [4.69, 9.17) is 0 Å². The maximum absolute atomic E-state index is 9.80. The van der Waals surface area contributed by atoms with Crippen LogP contribution in [-0.4, -0.2) is 47.8 Å². The first-order valence-electron chi connectivity index (χ1n) is 7.15. The molecule has 1 saturated heterocycles. The van der Waals surface area contributed by atoms with E-state index in [1.165, 1.54) is 56.7 Å². The summed E-state index contributed by atoms with van der Waals surface area (Å²) in [6, 6.07) is 0. The Kier molecular flexibility index (Phi) is 5.19. The van der Waals surface area contributed by atoms with Gasteiger partial charge in [0.15, 0.2) is 0 Å². The van der Waals surface area contributed by atoms with Gasteiger partial charge < -0.3 is 10.0 Å². The van der Waals surface area contributed by atoms with Gasteiger partial charge in [-0.1, -0.05) is 19.8 Å². The van der Waals surface area contributed by atoms with Gasteiger partial charge in [-0.05, 0) is 37.5 Å². The van der Waals surface area contributed by atoms with E-state index in [1.807, 2.05) is 0 Å². The summed E-state index contributed by atoms with van der Waals surface area (Å²) < 4.78 is 0. The lowest BCUT2D eigenvalue weighted by Gasteiger charge is -2.41. The zero-order chi connectivity index (χ0) is 12.1. The normalized spacial score (nSPS) is 36.7. The lowest BCUT2D eigenvalue weighted by atomic mass is 9.71. The number of hydrogen-bond donors (Lipinski definition) is 1. The highest BCUT2D eigenvalue weighted by Crippen LogP contribution is 2.39. The third-order valence-corrected chi connectivity index (χ3v) is 5.59. The van der Waals surface area contributed by atoms with Crippen LogP contribution in [0, 0.1) is 11.3 Å². The highest BCUT2D eigenvalue weighted by molar-refractivity contribution is 7.99. The smallest absolute Gasteiger partial charge is 0.0499 e. The van der Waals surface area contributed by atoms with Crippen LogP contribution in [0.2, 0.25) is 0 Å². The second-order valence-corrected chi connectivity index (χ2v) is 7.31. The number of nitrogens with zero attached hydrogens (tertiary/aromatic N) is 1. The first kappa shape index (κ1) is 13.7. The van der Waals surface area contributed by atoms with E-state index in [2.05, 4.69) is 23.6 Å². The molecule has 0 unspecified atom stereocenters. The van der Waals surface area contributed by atoms with E-state index < -0.39 is 0 Å². The van der Waals surface area contributed by atoms with Gasteiger partial charge in [0.25, 0.3) is 0 Å². The van der Waals surface area contributed by atoms with Crippen LogP contribution in [0.25, 0.3) is 0 Å². The third kappa shape index (κ3) is 3.87. The van der Waals surface area contributed by atoms with Gasteiger partial charge >= 0.3 is 0 Å². The Morgan fingerprint density at radius 2 is 2.00 bits per heavy atom. The molecule has 0 spiro atoms. The zero-order valence-electron chi connectivity index (χ0n) is 11.2. The topological polar surface area (TPSA) is 23.5 Å². The molecular formula is C14H27NOS. The minimum Gasteiger partial charge on any atom is -0.396 e. The largest absolute Gasteiger partial charge is 0.396 e. The molecule has 0 aromatic heterocycles. The van der Waals surface area contributed by atoms with Gasteiger partial charge in [0.1, 0.15) is 0 Å². The number of aliphatic hydroxyl groups excluding tert-OH is 1. The number of aliphatic hydroxyl groups is 1. The number of hydrogen-bond acceptors (Lipinski definition) is 3. The van der Waals surface area contributed by atoms with Crippen LogP contribution in [0.1, 0.15) is 39.0 Å². The van der Waals surface area contributed by atoms with Crippen LogP contribution in [0.3, 0.4) is 0 Å². The molecule has 0 atom stereocenters. The Bertz CT molecular complexity index is 218. The summed E-state index contributed by atoms with van der Waals surface area (Å²) in [4.78, 5) is 2.60. The van der Waals surface area contributed by atoms with E-state index >= 15 is 0 Å². The summed E-state index contributed by atoms with van der Waals surface area (Å²) >= 11 is 2.08.